The number of halogens is 6. The van der Waals surface area contributed by atoms with Gasteiger partial charge in [-0.15, -0.1) is 0 Å². The predicted octanol–water partition coefficient (Wildman–Crippen LogP) is 9.07. The average Bonchev–Trinajstić information content (AvgIpc) is 2.46. The van der Waals surface area contributed by atoms with Gasteiger partial charge >= 0.3 is 12.4 Å². The minimum atomic E-state index is -4.30. The van der Waals surface area contributed by atoms with Crippen LogP contribution < -0.4 is 0 Å². The summed E-state index contributed by atoms with van der Waals surface area (Å²) in [7, 11) is 0. The quantitative estimate of drug-likeness (QED) is 0.270. The Morgan fingerprint density at radius 1 is 0.655 bits per heavy atom. The molecule has 1 nitrogen and oxygen atoms in total. The normalized spacial score (nSPS) is 10.8. The Hall–Kier alpha value is -0.582. The Morgan fingerprint density at radius 2 is 0.931 bits per heavy atom. The molecule has 0 unspecified atom stereocenters. The maximum atomic E-state index is 12.2. The van der Waals surface area contributed by atoms with Crippen molar-refractivity contribution in [3.05, 3.63) is 29.6 Å². The molecule has 0 atom stereocenters. The monoisotopic (exact) mass is 603 g/mol. The van der Waals surface area contributed by atoms with Crippen LogP contribution >= 0.6 is 0 Å². The summed E-state index contributed by atoms with van der Waals surface area (Å²) < 4.78 is 67.6. The Morgan fingerprint density at radius 3 is 1.07 bits per heavy atom. The summed E-state index contributed by atoms with van der Waals surface area (Å²) in [6.45, 7) is 22.7. The average molecular weight is 603 g/mol. The third-order valence-corrected chi connectivity index (χ3v) is 1.86. The number of pyridine rings is 1. The van der Waals surface area contributed by atoms with E-state index in [0.29, 0.717) is 11.1 Å². The van der Waals surface area contributed by atoms with Gasteiger partial charge < -0.3 is 0 Å². The molecule has 1 heterocycles. The summed E-state index contributed by atoms with van der Waals surface area (Å²) in [5.41, 5.74) is 0.237. The van der Waals surface area contributed by atoms with Gasteiger partial charge in [-0.25, -0.2) is 0 Å². The number of alkyl halides is 6. The zero-order valence-corrected chi connectivity index (χ0v) is 22.8. The topological polar surface area (TPSA) is 12.9 Å². The molecule has 0 aliphatic heterocycles. The van der Waals surface area contributed by atoms with E-state index in [0.717, 1.165) is 12.3 Å². The summed E-state index contributed by atoms with van der Waals surface area (Å²) >= 11 is 0. The van der Waals surface area contributed by atoms with E-state index in [1.54, 1.807) is 0 Å². The summed E-state index contributed by atoms with van der Waals surface area (Å²) in [5.74, 6) is 0. The van der Waals surface area contributed by atoms with Gasteiger partial charge in [0.2, 0.25) is 0 Å². The first-order valence-electron chi connectivity index (χ1n) is 9.32. The van der Waals surface area contributed by atoms with Crippen LogP contribution in [0.1, 0.15) is 94.3 Å². The molecular weight excluding hydrogens is 564 g/mol. The molecule has 0 amide bonds. The van der Waals surface area contributed by atoms with Crippen molar-refractivity contribution in [2.24, 2.45) is 5.41 Å². The van der Waals surface area contributed by atoms with E-state index in [2.05, 4.69) is 32.7 Å². The molecule has 176 valence electrons. The van der Waals surface area contributed by atoms with Gasteiger partial charge in [0.15, 0.2) is 0 Å². The summed E-state index contributed by atoms with van der Waals surface area (Å²) in [6.07, 6.45) is -7.43. The van der Waals surface area contributed by atoms with Crippen molar-refractivity contribution in [2.45, 2.75) is 101 Å². The Bertz CT molecular complexity index is 409. The standard InChI is InChI=1S/C10H12F3N.C5H12.C2H3F3.2C2H6.W/c1-9(2,3)8-5-4-7(6-14-8)10(11,12)13;1-5(2,3)4;1-2(3,4)5;2*1-2;/h4-6H,1-3H3;1-4H3;1H3;2*1-2H3;. The molecule has 1 aromatic rings. The Labute approximate surface area is 188 Å². The van der Waals surface area contributed by atoms with E-state index in [-0.39, 0.29) is 33.4 Å². The minimum absolute atomic E-state index is 0. The van der Waals surface area contributed by atoms with Crippen molar-refractivity contribution in [2.75, 3.05) is 0 Å². The molecule has 29 heavy (non-hydrogen) atoms. The van der Waals surface area contributed by atoms with E-state index in [4.69, 9.17) is 0 Å². The van der Waals surface area contributed by atoms with E-state index in [9.17, 15) is 26.3 Å². The zero-order valence-electron chi connectivity index (χ0n) is 19.9. The van der Waals surface area contributed by atoms with E-state index in [1.165, 1.54) is 6.07 Å². The van der Waals surface area contributed by atoms with Gasteiger partial charge in [-0.3, -0.25) is 4.98 Å². The number of rotatable bonds is 0. The van der Waals surface area contributed by atoms with Gasteiger partial charge in [-0.1, -0.05) is 76.2 Å². The van der Waals surface area contributed by atoms with Crippen LogP contribution in [0.3, 0.4) is 0 Å². The fourth-order valence-electron chi connectivity index (χ4n) is 1.01. The smallest absolute Gasteiger partial charge is 0.260 e. The Kier molecular flexibility index (Phi) is 23.0. The second kappa shape index (κ2) is 17.1. The zero-order chi connectivity index (χ0) is 24.0. The van der Waals surface area contributed by atoms with Crippen LogP contribution in [0.25, 0.3) is 0 Å². The molecular formula is C21H39F6NW. The molecule has 1 rings (SSSR count). The fourth-order valence-corrected chi connectivity index (χ4v) is 1.01. The molecule has 0 aliphatic rings. The molecule has 0 aromatic carbocycles. The van der Waals surface area contributed by atoms with Gasteiger partial charge in [0.05, 0.1) is 5.56 Å². The van der Waals surface area contributed by atoms with Gasteiger partial charge in [0.1, 0.15) is 0 Å². The fraction of sp³-hybridized carbons (Fsp3) is 0.762. The molecule has 8 heteroatoms. The molecule has 0 spiro atoms. The number of hydrogen-bond donors (Lipinski definition) is 0. The van der Waals surface area contributed by atoms with Crippen LogP contribution in [0, 0.1) is 5.41 Å². The van der Waals surface area contributed by atoms with E-state index in [1.807, 2.05) is 48.5 Å². The van der Waals surface area contributed by atoms with Crippen LogP contribution in [0.15, 0.2) is 18.3 Å². The first kappa shape index (κ1) is 39.0. The van der Waals surface area contributed by atoms with Crippen molar-refractivity contribution in [1.29, 1.82) is 0 Å². The molecule has 0 saturated carbocycles. The molecule has 0 saturated heterocycles. The van der Waals surface area contributed by atoms with Gasteiger partial charge in [-0.05, 0) is 17.5 Å². The van der Waals surface area contributed by atoms with Gasteiger partial charge in [0.25, 0.3) is 0 Å². The molecule has 0 fully saturated rings. The number of nitrogens with zero attached hydrogens (tertiary/aromatic N) is 1. The van der Waals surface area contributed by atoms with Crippen LogP contribution in [0.2, 0.25) is 0 Å². The van der Waals surface area contributed by atoms with Crippen LogP contribution in [-0.2, 0) is 32.7 Å². The molecule has 0 N–H and O–H groups in total. The van der Waals surface area contributed by atoms with Gasteiger partial charge in [-0.2, -0.15) is 26.3 Å². The largest absolute Gasteiger partial charge is 0.417 e. The van der Waals surface area contributed by atoms with E-state index < -0.39 is 17.9 Å². The summed E-state index contributed by atoms with van der Waals surface area (Å²) in [6, 6.07) is 2.48. The number of hydrogen-bond acceptors (Lipinski definition) is 1. The van der Waals surface area contributed by atoms with Crippen molar-refractivity contribution in [1.82, 2.24) is 4.98 Å². The van der Waals surface area contributed by atoms with Crippen molar-refractivity contribution in [3.63, 3.8) is 0 Å². The predicted molar refractivity (Wildman–Crippen MR) is 107 cm³/mol. The van der Waals surface area contributed by atoms with Crippen molar-refractivity contribution < 1.29 is 47.4 Å². The molecule has 0 bridgehead atoms. The third kappa shape index (κ3) is 38.6. The van der Waals surface area contributed by atoms with Crippen molar-refractivity contribution in [3.8, 4) is 0 Å². The van der Waals surface area contributed by atoms with E-state index >= 15 is 0 Å². The molecule has 1 aromatic heterocycles. The van der Waals surface area contributed by atoms with Crippen LogP contribution in [0.5, 0.6) is 0 Å². The summed E-state index contributed by atoms with van der Waals surface area (Å²) in [5, 5.41) is 0. The maximum Gasteiger partial charge on any atom is 0.417 e. The van der Waals surface area contributed by atoms with Crippen molar-refractivity contribution >= 4 is 0 Å². The first-order chi connectivity index (χ1) is 12.2. The Balaban J connectivity index is -0.000000107. The van der Waals surface area contributed by atoms with Crippen LogP contribution in [0.4, 0.5) is 26.3 Å². The first-order valence-corrected chi connectivity index (χ1v) is 9.32. The molecule has 0 radical (unpaired) electrons. The number of aromatic nitrogens is 1. The third-order valence-electron chi connectivity index (χ3n) is 1.86. The summed E-state index contributed by atoms with van der Waals surface area (Å²) in [4.78, 5) is 3.80. The van der Waals surface area contributed by atoms with Gasteiger partial charge in [0, 0.05) is 45.3 Å². The second-order valence-corrected chi connectivity index (χ2v) is 7.96. The maximum absolute atomic E-state index is 12.2. The van der Waals surface area contributed by atoms with Crippen LogP contribution in [-0.4, -0.2) is 11.2 Å². The molecule has 0 aliphatic carbocycles. The minimum Gasteiger partial charge on any atom is -0.260 e. The second-order valence-electron chi connectivity index (χ2n) is 7.96. The SMILES string of the molecule is CC.CC.CC(C)(C)C.CC(C)(C)c1ccc(C(F)(F)F)cn1.CC(F)(F)F.[W].